The Morgan fingerprint density at radius 1 is 1.31 bits per heavy atom. The Kier molecular flexibility index (Phi) is 5.10. The Morgan fingerprint density at radius 2 is 1.85 bits per heavy atom. The summed E-state index contributed by atoms with van der Waals surface area (Å²) in [5.41, 5.74) is 0.484. The van der Waals surface area contributed by atoms with Crippen molar-refractivity contribution in [1.29, 1.82) is 0 Å². The Balaban J connectivity index is 0.00000144. The van der Waals surface area contributed by atoms with Crippen molar-refractivity contribution in [2.45, 2.75) is 52.3 Å². The highest BCUT2D eigenvalue weighted by Gasteiger charge is 2.34. The molecule has 1 fully saturated rings. The minimum absolute atomic E-state index is 0. The van der Waals surface area contributed by atoms with Gasteiger partial charge in [0.15, 0.2) is 0 Å². The zero-order valence-electron chi connectivity index (χ0n) is 9.14. The number of hydrogen-bond donors (Lipinski definition) is 0. The number of alkyl halides is 1. The Labute approximate surface area is 93.8 Å². The molecule has 80 valence electrons. The summed E-state index contributed by atoms with van der Waals surface area (Å²) in [5, 5.41) is 0.411. The van der Waals surface area contributed by atoms with E-state index in [0.29, 0.717) is 10.8 Å². The molecule has 1 aliphatic rings. The van der Waals surface area contributed by atoms with Crippen LogP contribution in [0.5, 0.6) is 0 Å². The lowest BCUT2D eigenvalue weighted by Gasteiger charge is -2.39. The predicted molar refractivity (Wildman–Crippen MR) is 62.8 cm³/mol. The molecule has 1 saturated carbocycles. The van der Waals surface area contributed by atoms with Gasteiger partial charge in [-0.3, -0.25) is 0 Å². The molecular weight excluding hydrogens is 203 g/mol. The quantitative estimate of drug-likeness (QED) is 0.576. The summed E-state index contributed by atoms with van der Waals surface area (Å²) in [6.45, 7) is 9.24. The first-order chi connectivity index (χ1) is 5.42. The van der Waals surface area contributed by atoms with Gasteiger partial charge in [0.05, 0.1) is 0 Å². The van der Waals surface area contributed by atoms with Crippen LogP contribution in [-0.4, -0.2) is 5.38 Å². The van der Waals surface area contributed by atoms with Crippen molar-refractivity contribution in [3.8, 4) is 0 Å². The van der Waals surface area contributed by atoms with Gasteiger partial charge in [-0.05, 0) is 36.5 Å². The molecule has 0 N–H and O–H groups in total. The van der Waals surface area contributed by atoms with Gasteiger partial charge in [0.2, 0.25) is 0 Å². The van der Waals surface area contributed by atoms with Crippen LogP contribution in [0.25, 0.3) is 0 Å². The molecule has 0 amide bonds. The summed E-state index contributed by atoms with van der Waals surface area (Å²) in [6.07, 6.45) is 3.86. The van der Waals surface area contributed by atoms with Crippen molar-refractivity contribution in [2.75, 3.05) is 0 Å². The fourth-order valence-electron chi connectivity index (χ4n) is 2.27. The monoisotopic (exact) mass is 224 g/mol. The van der Waals surface area contributed by atoms with Crippen LogP contribution >= 0.6 is 24.0 Å². The molecule has 1 rings (SSSR count). The summed E-state index contributed by atoms with van der Waals surface area (Å²) in [5.74, 6) is 1.50. The van der Waals surface area contributed by atoms with Crippen LogP contribution in [0.1, 0.15) is 47.0 Å². The maximum atomic E-state index is 6.36. The van der Waals surface area contributed by atoms with Crippen molar-refractivity contribution < 1.29 is 0 Å². The van der Waals surface area contributed by atoms with Gasteiger partial charge >= 0.3 is 0 Å². The summed E-state index contributed by atoms with van der Waals surface area (Å²) in [4.78, 5) is 0. The minimum atomic E-state index is 0. The van der Waals surface area contributed by atoms with Crippen LogP contribution in [0, 0.1) is 17.3 Å². The average Bonchev–Trinajstić information content (AvgIpc) is 1.83. The van der Waals surface area contributed by atoms with Gasteiger partial charge < -0.3 is 0 Å². The first-order valence-electron chi connectivity index (χ1n) is 5.06. The Hall–Kier alpha value is 0.580. The molecule has 2 heteroatoms. The third kappa shape index (κ3) is 3.67. The molecule has 0 aromatic heterocycles. The van der Waals surface area contributed by atoms with E-state index in [2.05, 4.69) is 27.7 Å². The molecule has 0 saturated heterocycles. The van der Waals surface area contributed by atoms with Crippen LogP contribution in [0.15, 0.2) is 0 Å². The molecule has 2 unspecified atom stereocenters. The first-order valence-corrected chi connectivity index (χ1v) is 5.50. The van der Waals surface area contributed by atoms with E-state index in [1.807, 2.05) is 0 Å². The van der Waals surface area contributed by atoms with Crippen LogP contribution in [-0.2, 0) is 0 Å². The maximum Gasteiger partial charge on any atom is 0.0371 e. The molecule has 0 heterocycles. The van der Waals surface area contributed by atoms with E-state index in [9.17, 15) is 0 Å². The van der Waals surface area contributed by atoms with Gasteiger partial charge in [-0.1, -0.05) is 27.7 Å². The zero-order chi connectivity index (χ0) is 9.35. The number of hydrogen-bond acceptors (Lipinski definition) is 0. The Bertz CT molecular complexity index is 152. The average molecular weight is 225 g/mol. The fourth-order valence-corrected chi connectivity index (χ4v) is 3.11. The summed E-state index contributed by atoms with van der Waals surface area (Å²) in [7, 11) is 0. The standard InChI is InChI=1S/C11H21Cl.ClH/c1-8(2)9-5-6-11(3,4)7-10(9)12;/h8-10H,5-7H2,1-4H3;1H. The summed E-state index contributed by atoms with van der Waals surface area (Å²) >= 11 is 6.36. The smallest absolute Gasteiger partial charge is 0.0371 e. The highest BCUT2D eigenvalue weighted by atomic mass is 35.5. The fraction of sp³-hybridized carbons (Fsp3) is 1.00. The third-order valence-electron chi connectivity index (χ3n) is 3.22. The molecule has 13 heavy (non-hydrogen) atoms. The molecule has 0 radical (unpaired) electrons. The van der Waals surface area contributed by atoms with E-state index in [4.69, 9.17) is 11.6 Å². The molecule has 0 nitrogen and oxygen atoms in total. The molecule has 0 aliphatic heterocycles. The minimum Gasteiger partial charge on any atom is -0.147 e. The topological polar surface area (TPSA) is 0 Å². The molecule has 0 aromatic rings. The highest BCUT2D eigenvalue weighted by molar-refractivity contribution is 6.20. The number of halogens is 2. The third-order valence-corrected chi connectivity index (χ3v) is 3.70. The second-order valence-corrected chi connectivity index (χ2v) is 5.89. The normalized spacial score (nSPS) is 32.8. The van der Waals surface area contributed by atoms with Crippen molar-refractivity contribution >= 4 is 24.0 Å². The van der Waals surface area contributed by atoms with Crippen LogP contribution in [0.4, 0.5) is 0 Å². The lowest BCUT2D eigenvalue weighted by atomic mass is 9.70. The molecule has 1 aliphatic carbocycles. The van der Waals surface area contributed by atoms with Gasteiger partial charge in [0.25, 0.3) is 0 Å². The van der Waals surface area contributed by atoms with Gasteiger partial charge in [-0.25, -0.2) is 0 Å². The van der Waals surface area contributed by atoms with E-state index >= 15 is 0 Å². The van der Waals surface area contributed by atoms with Gasteiger partial charge in [0.1, 0.15) is 0 Å². The maximum absolute atomic E-state index is 6.36. The van der Waals surface area contributed by atoms with Crippen LogP contribution in [0.3, 0.4) is 0 Å². The summed E-state index contributed by atoms with van der Waals surface area (Å²) in [6, 6.07) is 0. The molecule has 0 aromatic carbocycles. The van der Waals surface area contributed by atoms with Crippen molar-refractivity contribution in [2.24, 2.45) is 17.3 Å². The van der Waals surface area contributed by atoms with E-state index < -0.39 is 0 Å². The first kappa shape index (κ1) is 13.6. The van der Waals surface area contributed by atoms with E-state index in [1.165, 1.54) is 19.3 Å². The van der Waals surface area contributed by atoms with Gasteiger partial charge in [-0.2, -0.15) is 0 Å². The predicted octanol–water partition coefficient (Wildman–Crippen LogP) is 4.50. The SMILES string of the molecule is CC(C)C1CCC(C)(C)CC1Cl.Cl. The molecule has 0 bridgehead atoms. The van der Waals surface area contributed by atoms with E-state index in [0.717, 1.165) is 11.8 Å². The van der Waals surface area contributed by atoms with Crippen molar-refractivity contribution in [1.82, 2.24) is 0 Å². The lowest BCUT2D eigenvalue weighted by molar-refractivity contribution is 0.166. The molecule has 0 spiro atoms. The molecular formula is C11H22Cl2. The van der Waals surface area contributed by atoms with Gasteiger partial charge in [0, 0.05) is 5.38 Å². The molecule has 2 atom stereocenters. The second kappa shape index (κ2) is 4.89. The van der Waals surface area contributed by atoms with Crippen LogP contribution in [0.2, 0.25) is 0 Å². The second-order valence-electron chi connectivity index (χ2n) is 5.33. The van der Waals surface area contributed by atoms with Crippen molar-refractivity contribution in [3.63, 3.8) is 0 Å². The number of rotatable bonds is 1. The largest absolute Gasteiger partial charge is 0.147 e. The Morgan fingerprint density at radius 3 is 2.23 bits per heavy atom. The van der Waals surface area contributed by atoms with E-state index in [1.54, 1.807) is 0 Å². The van der Waals surface area contributed by atoms with Gasteiger partial charge in [-0.15, -0.1) is 24.0 Å². The highest BCUT2D eigenvalue weighted by Crippen LogP contribution is 2.43. The lowest BCUT2D eigenvalue weighted by Crippen LogP contribution is -2.33. The van der Waals surface area contributed by atoms with Crippen LogP contribution < -0.4 is 0 Å². The van der Waals surface area contributed by atoms with E-state index in [-0.39, 0.29) is 12.4 Å². The zero-order valence-corrected chi connectivity index (χ0v) is 10.7. The summed E-state index contributed by atoms with van der Waals surface area (Å²) < 4.78 is 0. The van der Waals surface area contributed by atoms with Crippen molar-refractivity contribution in [3.05, 3.63) is 0 Å².